The van der Waals surface area contributed by atoms with Gasteiger partial charge in [-0.3, -0.25) is 20.2 Å². The number of hydrogen-bond donors (Lipinski definition) is 2. The fourth-order valence-electron chi connectivity index (χ4n) is 1.88. The summed E-state index contributed by atoms with van der Waals surface area (Å²) in [5.41, 5.74) is 4.64. The highest BCUT2D eigenvalue weighted by atomic mass is 32.2. The summed E-state index contributed by atoms with van der Waals surface area (Å²) in [6, 6.07) is 7.42. The highest BCUT2D eigenvalue weighted by Crippen LogP contribution is 2.18. The number of guanidine groups is 1. The minimum Gasteiger partial charge on any atom is -0.368 e. The number of nitro groups is 2. The minimum absolute atomic E-state index is 0.346. The molecular formula is C13H11N5O8S2. The molecule has 0 aliphatic rings. The van der Waals surface area contributed by atoms with Crippen molar-refractivity contribution in [2.24, 2.45) is 10.1 Å². The van der Waals surface area contributed by atoms with Gasteiger partial charge in [-0.15, -0.1) is 4.40 Å². The Balaban J connectivity index is 2.26. The lowest BCUT2D eigenvalue weighted by Crippen LogP contribution is -2.37. The number of rotatable bonds is 6. The van der Waals surface area contributed by atoms with Crippen LogP contribution in [0.5, 0.6) is 0 Å². The fraction of sp³-hybridized carbons (Fsp3) is 0. The second kappa shape index (κ2) is 7.57. The van der Waals surface area contributed by atoms with Crippen molar-refractivity contribution in [2.75, 3.05) is 0 Å². The normalized spacial score (nSPS) is 12.4. The maximum atomic E-state index is 12.2. The highest BCUT2D eigenvalue weighted by molar-refractivity contribution is 7.91. The highest BCUT2D eigenvalue weighted by Gasteiger charge is 2.20. The van der Waals surface area contributed by atoms with Crippen LogP contribution in [0.25, 0.3) is 0 Å². The third-order valence-corrected chi connectivity index (χ3v) is 5.84. The summed E-state index contributed by atoms with van der Waals surface area (Å²) in [7, 11) is -8.81. The Morgan fingerprint density at radius 2 is 1.21 bits per heavy atom. The Labute approximate surface area is 157 Å². The predicted octanol–water partition coefficient (Wildman–Crippen LogP) is 0.485. The van der Waals surface area contributed by atoms with Crippen LogP contribution in [-0.2, 0) is 20.0 Å². The molecule has 15 heteroatoms. The van der Waals surface area contributed by atoms with Crippen molar-refractivity contribution in [3.63, 3.8) is 0 Å². The molecule has 0 aromatic heterocycles. The van der Waals surface area contributed by atoms with E-state index in [0.717, 1.165) is 48.5 Å². The molecule has 0 aliphatic carbocycles. The summed E-state index contributed by atoms with van der Waals surface area (Å²) in [5, 5.41) is 21.2. The summed E-state index contributed by atoms with van der Waals surface area (Å²) in [6.45, 7) is 0. The molecule has 2 aromatic rings. The first-order valence-electron chi connectivity index (χ1n) is 7.04. The number of nitrogens with two attached hydrogens (primary N) is 1. The smallest absolute Gasteiger partial charge is 0.285 e. The van der Waals surface area contributed by atoms with Gasteiger partial charge in [-0.1, -0.05) is 0 Å². The zero-order valence-corrected chi connectivity index (χ0v) is 15.3. The molecular weight excluding hydrogens is 418 g/mol. The quantitative estimate of drug-likeness (QED) is 0.283. The molecule has 0 bridgehead atoms. The first-order valence-corrected chi connectivity index (χ1v) is 9.97. The Morgan fingerprint density at radius 1 is 0.821 bits per heavy atom. The number of hydrogen-bond acceptors (Lipinski definition) is 8. The van der Waals surface area contributed by atoms with E-state index in [1.807, 2.05) is 0 Å². The molecule has 0 aliphatic heterocycles. The van der Waals surface area contributed by atoms with Crippen LogP contribution in [0.2, 0.25) is 0 Å². The number of nitro benzene ring substituents is 2. The molecule has 28 heavy (non-hydrogen) atoms. The van der Waals surface area contributed by atoms with E-state index in [1.54, 1.807) is 4.72 Å². The van der Waals surface area contributed by atoms with Gasteiger partial charge in [0.15, 0.2) is 0 Å². The lowest BCUT2D eigenvalue weighted by molar-refractivity contribution is -0.385. The molecule has 3 N–H and O–H groups in total. The van der Waals surface area contributed by atoms with Gasteiger partial charge in [0.05, 0.1) is 19.6 Å². The van der Waals surface area contributed by atoms with Crippen molar-refractivity contribution in [3.8, 4) is 0 Å². The molecule has 0 spiro atoms. The Hall–Kier alpha value is -3.59. The van der Waals surface area contributed by atoms with Gasteiger partial charge in [-0.05, 0) is 24.3 Å². The van der Waals surface area contributed by atoms with Gasteiger partial charge < -0.3 is 5.73 Å². The molecule has 13 nitrogen and oxygen atoms in total. The van der Waals surface area contributed by atoms with Gasteiger partial charge in [0.2, 0.25) is 5.96 Å². The molecule has 2 rings (SSSR count). The first-order chi connectivity index (χ1) is 12.9. The van der Waals surface area contributed by atoms with Crippen LogP contribution >= 0.6 is 0 Å². The summed E-state index contributed by atoms with van der Waals surface area (Å²) < 4.78 is 53.4. The lowest BCUT2D eigenvalue weighted by atomic mass is 10.3. The molecule has 0 atom stereocenters. The maximum Gasteiger partial charge on any atom is 0.285 e. The number of sulfonamides is 2. The van der Waals surface area contributed by atoms with E-state index in [1.165, 1.54) is 0 Å². The summed E-state index contributed by atoms with van der Waals surface area (Å²) >= 11 is 0. The molecule has 148 valence electrons. The largest absolute Gasteiger partial charge is 0.368 e. The number of benzene rings is 2. The summed E-state index contributed by atoms with van der Waals surface area (Å²) in [4.78, 5) is 18.9. The van der Waals surface area contributed by atoms with Gasteiger partial charge >= 0.3 is 0 Å². The Kier molecular flexibility index (Phi) is 5.60. The lowest BCUT2D eigenvalue weighted by Gasteiger charge is -2.07. The summed E-state index contributed by atoms with van der Waals surface area (Å²) in [5.74, 6) is -0.989. The van der Waals surface area contributed by atoms with Gasteiger partial charge in [-0.25, -0.2) is 13.1 Å². The molecule has 0 saturated heterocycles. The second-order valence-electron chi connectivity index (χ2n) is 5.06. The zero-order valence-electron chi connectivity index (χ0n) is 13.6. The monoisotopic (exact) mass is 429 g/mol. The standard InChI is InChI=1S/C13H11N5O8S2/c14-13(15-27(23,24)11-5-1-9(2-6-11)17(19)20)16-28(25,26)12-7-3-10(4-8-12)18(21)22/h1-8H,(H3,14,15,16). The topological polar surface area (TPSA) is 205 Å². The molecule has 0 unspecified atom stereocenters. The van der Waals surface area contributed by atoms with Crippen LogP contribution in [0.1, 0.15) is 0 Å². The third kappa shape index (κ3) is 4.77. The maximum absolute atomic E-state index is 12.2. The van der Waals surface area contributed by atoms with Crippen LogP contribution in [0.4, 0.5) is 11.4 Å². The molecule has 0 saturated carbocycles. The van der Waals surface area contributed by atoms with Gasteiger partial charge in [0, 0.05) is 24.3 Å². The van der Waals surface area contributed by atoms with E-state index in [9.17, 15) is 37.1 Å². The minimum atomic E-state index is -4.45. The average Bonchev–Trinajstić information content (AvgIpc) is 2.60. The molecule has 2 aromatic carbocycles. The van der Waals surface area contributed by atoms with Crippen LogP contribution in [-0.4, -0.2) is 32.6 Å². The second-order valence-corrected chi connectivity index (χ2v) is 8.35. The summed E-state index contributed by atoms with van der Waals surface area (Å²) in [6.07, 6.45) is 0. The molecule has 0 radical (unpaired) electrons. The van der Waals surface area contributed by atoms with E-state index in [0.29, 0.717) is 0 Å². The van der Waals surface area contributed by atoms with Crippen molar-refractivity contribution < 1.29 is 26.7 Å². The Bertz CT molecular complexity index is 1160. The van der Waals surface area contributed by atoms with Gasteiger partial charge in [0.25, 0.3) is 31.4 Å². The van der Waals surface area contributed by atoms with E-state index >= 15 is 0 Å². The zero-order chi connectivity index (χ0) is 21.1. The van der Waals surface area contributed by atoms with Crippen molar-refractivity contribution in [1.29, 1.82) is 0 Å². The van der Waals surface area contributed by atoms with E-state index in [2.05, 4.69) is 4.40 Å². The molecule has 0 heterocycles. The van der Waals surface area contributed by atoms with E-state index in [4.69, 9.17) is 5.73 Å². The molecule has 0 amide bonds. The van der Waals surface area contributed by atoms with Crippen LogP contribution in [0.15, 0.2) is 62.7 Å². The predicted molar refractivity (Wildman–Crippen MR) is 95.3 cm³/mol. The van der Waals surface area contributed by atoms with Crippen molar-refractivity contribution >= 4 is 37.4 Å². The molecule has 0 fully saturated rings. The van der Waals surface area contributed by atoms with E-state index in [-0.39, 0.29) is 11.4 Å². The van der Waals surface area contributed by atoms with Crippen LogP contribution in [0.3, 0.4) is 0 Å². The number of nitrogens with one attached hydrogen (secondary N) is 1. The Morgan fingerprint density at radius 3 is 1.61 bits per heavy atom. The van der Waals surface area contributed by atoms with Crippen LogP contribution in [0, 0.1) is 20.2 Å². The van der Waals surface area contributed by atoms with Crippen molar-refractivity contribution in [2.45, 2.75) is 9.79 Å². The van der Waals surface area contributed by atoms with Crippen molar-refractivity contribution in [1.82, 2.24) is 4.72 Å². The first kappa shape index (κ1) is 20.7. The third-order valence-electron chi connectivity index (χ3n) is 3.16. The van der Waals surface area contributed by atoms with Crippen LogP contribution < -0.4 is 10.5 Å². The number of non-ortho nitro benzene ring substituents is 2. The fourth-order valence-corrected chi connectivity index (χ4v) is 3.77. The SMILES string of the molecule is NC(=NS(=O)(=O)c1ccc([N+](=O)[O-])cc1)NS(=O)(=O)c1ccc([N+](=O)[O-])cc1. The van der Waals surface area contributed by atoms with Gasteiger partial charge in [0.1, 0.15) is 0 Å². The number of nitrogens with zero attached hydrogens (tertiary/aromatic N) is 3. The van der Waals surface area contributed by atoms with Crippen molar-refractivity contribution in [3.05, 3.63) is 68.8 Å². The average molecular weight is 429 g/mol. The van der Waals surface area contributed by atoms with E-state index < -0.39 is 45.6 Å². The van der Waals surface area contributed by atoms with Gasteiger partial charge in [-0.2, -0.15) is 8.42 Å².